The van der Waals surface area contributed by atoms with E-state index in [0.717, 1.165) is 6.54 Å². The standard InChI is InChI=1S/C11H17BN/c1-8-5-9-7-13(11(2,3)4)12-10(9)6-8/h5-6,8H,7H2,1-4H3. The van der Waals surface area contributed by atoms with Crippen LogP contribution in [0.25, 0.3) is 0 Å². The second-order valence-corrected chi connectivity index (χ2v) is 5.10. The SMILES string of the molecule is CC1C=C2[B]N(C(C)(C)C)CC2=C1. The zero-order chi connectivity index (χ0) is 9.64. The largest absolute Gasteiger partial charge is 0.334 e. The molecule has 1 aliphatic carbocycles. The molecule has 1 saturated heterocycles. The average molecular weight is 174 g/mol. The van der Waals surface area contributed by atoms with Crippen molar-refractivity contribution in [2.75, 3.05) is 6.54 Å². The van der Waals surface area contributed by atoms with Crippen LogP contribution in [0.5, 0.6) is 0 Å². The molecule has 1 fully saturated rings. The minimum atomic E-state index is 0.259. The van der Waals surface area contributed by atoms with Crippen molar-refractivity contribution in [1.82, 2.24) is 4.81 Å². The first-order valence-corrected chi connectivity index (χ1v) is 5.01. The maximum atomic E-state index is 2.41. The van der Waals surface area contributed by atoms with Crippen molar-refractivity contribution in [3.8, 4) is 0 Å². The van der Waals surface area contributed by atoms with Crippen LogP contribution in [0, 0.1) is 5.92 Å². The van der Waals surface area contributed by atoms with Crippen LogP contribution < -0.4 is 0 Å². The highest BCUT2D eigenvalue weighted by Crippen LogP contribution is 2.32. The number of hydrogen-bond donors (Lipinski definition) is 0. The summed E-state index contributed by atoms with van der Waals surface area (Å²) in [5, 5.41) is 0. The molecule has 1 nitrogen and oxygen atoms in total. The molecule has 1 heterocycles. The fraction of sp³-hybridized carbons (Fsp3) is 0.636. The van der Waals surface area contributed by atoms with Gasteiger partial charge >= 0.3 is 0 Å². The number of fused-ring (bicyclic) bond motifs is 1. The highest BCUT2D eigenvalue weighted by molar-refractivity contribution is 6.46. The number of rotatable bonds is 0. The summed E-state index contributed by atoms with van der Waals surface area (Å²) in [5.74, 6) is 0.642. The van der Waals surface area contributed by atoms with Gasteiger partial charge in [0.1, 0.15) is 0 Å². The van der Waals surface area contributed by atoms with E-state index >= 15 is 0 Å². The molecule has 0 N–H and O–H groups in total. The van der Waals surface area contributed by atoms with Crippen molar-refractivity contribution in [3.63, 3.8) is 0 Å². The summed E-state index contributed by atoms with van der Waals surface area (Å²) in [6.07, 6.45) is 4.72. The first-order chi connectivity index (χ1) is 5.97. The van der Waals surface area contributed by atoms with Crippen LogP contribution >= 0.6 is 0 Å². The zero-order valence-electron chi connectivity index (χ0n) is 8.96. The van der Waals surface area contributed by atoms with E-state index in [4.69, 9.17) is 0 Å². The summed E-state index contributed by atoms with van der Waals surface area (Å²) in [4.78, 5) is 2.41. The lowest BCUT2D eigenvalue weighted by atomic mass is 9.80. The molecule has 0 spiro atoms. The van der Waals surface area contributed by atoms with E-state index in [-0.39, 0.29) is 5.54 Å². The Labute approximate surface area is 81.8 Å². The second-order valence-electron chi connectivity index (χ2n) is 5.10. The third-order valence-corrected chi connectivity index (χ3v) is 2.77. The predicted molar refractivity (Wildman–Crippen MR) is 57.5 cm³/mol. The van der Waals surface area contributed by atoms with Crippen molar-refractivity contribution in [2.45, 2.75) is 33.2 Å². The van der Waals surface area contributed by atoms with Gasteiger partial charge in [-0.25, -0.2) is 0 Å². The van der Waals surface area contributed by atoms with Crippen molar-refractivity contribution < 1.29 is 0 Å². The normalized spacial score (nSPS) is 28.2. The van der Waals surface area contributed by atoms with Crippen molar-refractivity contribution in [1.29, 1.82) is 0 Å². The summed E-state index contributed by atoms with van der Waals surface area (Å²) in [7, 11) is 2.30. The Hall–Kier alpha value is -0.495. The topological polar surface area (TPSA) is 3.24 Å². The van der Waals surface area contributed by atoms with Crippen LogP contribution in [0.1, 0.15) is 27.7 Å². The monoisotopic (exact) mass is 174 g/mol. The Morgan fingerprint density at radius 3 is 2.62 bits per heavy atom. The van der Waals surface area contributed by atoms with Crippen LogP contribution in [-0.2, 0) is 0 Å². The molecule has 1 atom stereocenters. The Kier molecular flexibility index (Phi) is 1.92. The van der Waals surface area contributed by atoms with Crippen LogP contribution in [0.2, 0.25) is 0 Å². The van der Waals surface area contributed by atoms with Crippen molar-refractivity contribution in [2.24, 2.45) is 5.92 Å². The van der Waals surface area contributed by atoms with Gasteiger partial charge in [0.2, 0.25) is 7.41 Å². The molecule has 0 aromatic heterocycles. The molecule has 2 heteroatoms. The minimum absolute atomic E-state index is 0.259. The van der Waals surface area contributed by atoms with Gasteiger partial charge in [-0.05, 0) is 32.3 Å². The Balaban J connectivity index is 2.15. The quantitative estimate of drug-likeness (QED) is 0.508. The van der Waals surface area contributed by atoms with Gasteiger partial charge in [0.15, 0.2) is 0 Å². The average Bonchev–Trinajstić information content (AvgIpc) is 2.40. The summed E-state index contributed by atoms with van der Waals surface area (Å²) in [6.45, 7) is 10.1. The van der Waals surface area contributed by atoms with E-state index in [2.05, 4.69) is 52.1 Å². The molecule has 0 aromatic rings. The van der Waals surface area contributed by atoms with Crippen LogP contribution in [0.3, 0.4) is 0 Å². The molecule has 13 heavy (non-hydrogen) atoms. The lowest BCUT2D eigenvalue weighted by molar-refractivity contribution is 0.282. The molecule has 0 aromatic carbocycles. The molecular formula is C11H17BN. The van der Waals surface area contributed by atoms with Crippen LogP contribution in [0.4, 0.5) is 0 Å². The van der Waals surface area contributed by atoms with Crippen LogP contribution in [-0.4, -0.2) is 24.3 Å². The number of nitrogens with zero attached hydrogens (tertiary/aromatic N) is 1. The van der Waals surface area contributed by atoms with Gasteiger partial charge < -0.3 is 4.81 Å². The Bertz CT molecular complexity index is 261. The molecule has 69 valence electrons. The summed E-state index contributed by atoms with van der Waals surface area (Å²) in [6, 6.07) is 0. The van der Waals surface area contributed by atoms with Gasteiger partial charge in [0.25, 0.3) is 0 Å². The molecule has 1 radical (unpaired) electrons. The summed E-state index contributed by atoms with van der Waals surface area (Å²) < 4.78 is 0. The van der Waals surface area contributed by atoms with Gasteiger partial charge in [0, 0.05) is 12.1 Å². The second kappa shape index (κ2) is 2.75. The van der Waals surface area contributed by atoms with Gasteiger partial charge in [-0.2, -0.15) is 0 Å². The first-order valence-electron chi connectivity index (χ1n) is 5.01. The fourth-order valence-electron chi connectivity index (χ4n) is 1.95. The maximum absolute atomic E-state index is 2.41. The summed E-state index contributed by atoms with van der Waals surface area (Å²) in [5.41, 5.74) is 3.22. The van der Waals surface area contributed by atoms with E-state index in [0.29, 0.717) is 5.92 Å². The van der Waals surface area contributed by atoms with E-state index in [9.17, 15) is 0 Å². The maximum Gasteiger partial charge on any atom is 0.248 e. The van der Waals surface area contributed by atoms with Gasteiger partial charge in [-0.3, -0.25) is 0 Å². The number of allylic oxidation sites excluding steroid dienone is 2. The van der Waals surface area contributed by atoms with Gasteiger partial charge in [0.05, 0.1) is 0 Å². The van der Waals surface area contributed by atoms with E-state index in [1.807, 2.05) is 0 Å². The third-order valence-electron chi connectivity index (χ3n) is 2.77. The molecule has 2 aliphatic rings. The molecule has 1 aliphatic heterocycles. The molecule has 2 rings (SSSR count). The Morgan fingerprint density at radius 1 is 1.38 bits per heavy atom. The zero-order valence-corrected chi connectivity index (χ0v) is 8.96. The molecule has 0 amide bonds. The molecular weight excluding hydrogens is 157 g/mol. The lowest BCUT2D eigenvalue weighted by Gasteiger charge is -2.31. The molecule has 0 saturated carbocycles. The smallest absolute Gasteiger partial charge is 0.248 e. The fourth-order valence-corrected chi connectivity index (χ4v) is 1.95. The van der Waals surface area contributed by atoms with Gasteiger partial charge in [-0.15, -0.1) is 0 Å². The van der Waals surface area contributed by atoms with E-state index < -0.39 is 0 Å². The van der Waals surface area contributed by atoms with Crippen molar-refractivity contribution >= 4 is 7.41 Å². The first kappa shape index (κ1) is 9.08. The third kappa shape index (κ3) is 1.60. The highest BCUT2D eigenvalue weighted by atomic mass is 15.1. The van der Waals surface area contributed by atoms with Gasteiger partial charge in [-0.1, -0.05) is 24.5 Å². The van der Waals surface area contributed by atoms with E-state index in [1.54, 1.807) is 0 Å². The number of hydrogen-bond acceptors (Lipinski definition) is 1. The summed E-state index contributed by atoms with van der Waals surface area (Å²) >= 11 is 0. The van der Waals surface area contributed by atoms with Crippen molar-refractivity contribution in [3.05, 3.63) is 23.2 Å². The van der Waals surface area contributed by atoms with Crippen LogP contribution in [0.15, 0.2) is 23.2 Å². The lowest BCUT2D eigenvalue weighted by Crippen LogP contribution is -2.40. The predicted octanol–water partition coefficient (Wildman–Crippen LogP) is 2.18. The van der Waals surface area contributed by atoms with E-state index in [1.165, 1.54) is 11.0 Å². The Morgan fingerprint density at radius 2 is 2.08 bits per heavy atom. The molecule has 1 unspecified atom stereocenters. The highest BCUT2D eigenvalue weighted by Gasteiger charge is 2.32. The minimum Gasteiger partial charge on any atom is -0.334 e. The molecule has 0 bridgehead atoms.